The van der Waals surface area contributed by atoms with Crippen LogP contribution < -0.4 is 5.32 Å². The molecule has 0 spiro atoms. The van der Waals surface area contributed by atoms with Gasteiger partial charge in [0.1, 0.15) is 0 Å². The maximum absolute atomic E-state index is 9.41. The van der Waals surface area contributed by atoms with Gasteiger partial charge in [-0.15, -0.1) is 0 Å². The summed E-state index contributed by atoms with van der Waals surface area (Å²) >= 11 is 0. The standard InChI is InChI=1S/C15H23N3O2/c1-3-20-10-6-9-18-14-8-5-4-7-13(14)17-15(18)16-11-12(2)19/h4-5,7-8,12,19H,3,6,9-11H2,1-2H3,(H,16,17). The number of rotatable bonds is 8. The SMILES string of the molecule is CCOCCCn1c(NCC(C)O)nc2ccccc21. The van der Waals surface area contributed by atoms with E-state index in [0.717, 1.165) is 43.2 Å². The Morgan fingerprint density at radius 3 is 2.95 bits per heavy atom. The predicted octanol–water partition coefficient (Wildman–Crippen LogP) is 2.26. The molecule has 5 heteroatoms. The maximum atomic E-state index is 9.41. The fraction of sp³-hybridized carbons (Fsp3) is 0.533. The number of hydrogen-bond acceptors (Lipinski definition) is 4. The molecule has 1 heterocycles. The third-order valence-corrected chi connectivity index (χ3v) is 3.08. The quantitative estimate of drug-likeness (QED) is 0.727. The van der Waals surface area contributed by atoms with Gasteiger partial charge in [0.2, 0.25) is 5.95 Å². The fourth-order valence-electron chi connectivity index (χ4n) is 2.14. The number of benzene rings is 1. The van der Waals surface area contributed by atoms with E-state index in [1.807, 2.05) is 25.1 Å². The molecule has 0 radical (unpaired) electrons. The minimum atomic E-state index is -0.397. The van der Waals surface area contributed by atoms with Crippen molar-refractivity contribution in [3.8, 4) is 0 Å². The second kappa shape index (κ2) is 7.26. The Balaban J connectivity index is 2.16. The lowest BCUT2D eigenvalue weighted by Gasteiger charge is -2.11. The molecule has 0 saturated carbocycles. The molecule has 1 aromatic heterocycles. The molecular weight excluding hydrogens is 254 g/mol. The van der Waals surface area contributed by atoms with Crippen molar-refractivity contribution < 1.29 is 9.84 Å². The normalized spacial score (nSPS) is 12.8. The van der Waals surface area contributed by atoms with E-state index >= 15 is 0 Å². The molecule has 1 unspecified atom stereocenters. The molecular formula is C15H23N3O2. The van der Waals surface area contributed by atoms with Crippen LogP contribution in [0.15, 0.2) is 24.3 Å². The summed E-state index contributed by atoms with van der Waals surface area (Å²) in [5, 5.41) is 12.6. The number of aliphatic hydroxyl groups is 1. The summed E-state index contributed by atoms with van der Waals surface area (Å²) in [7, 11) is 0. The zero-order valence-electron chi connectivity index (χ0n) is 12.2. The van der Waals surface area contributed by atoms with Gasteiger partial charge in [-0.3, -0.25) is 0 Å². The molecule has 2 aromatic rings. The number of ether oxygens (including phenoxy) is 1. The first-order chi connectivity index (χ1) is 9.72. The van der Waals surface area contributed by atoms with E-state index in [-0.39, 0.29) is 0 Å². The molecule has 1 atom stereocenters. The molecule has 20 heavy (non-hydrogen) atoms. The monoisotopic (exact) mass is 277 g/mol. The Morgan fingerprint density at radius 2 is 2.20 bits per heavy atom. The zero-order chi connectivity index (χ0) is 14.4. The largest absolute Gasteiger partial charge is 0.392 e. The van der Waals surface area contributed by atoms with Crippen molar-refractivity contribution in [2.45, 2.75) is 32.9 Å². The highest BCUT2D eigenvalue weighted by Gasteiger charge is 2.10. The Hall–Kier alpha value is -1.59. The van der Waals surface area contributed by atoms with Gasteiger partial charge in [-0.1, -0.05) is 12.1 Å². The number of hydrogen-bond donors (Lipinski definition) is 2. The average Bonchev–Trinajstić information content (AvgIpc) is 2.79. The van der Waals surface area contributed by atoms with Crippen molar-refractivity contribution in [1.82, 2.24) is 9.55 Å². The molecule has 0 bridgehead atoms. The Kier molecular flexibility index (Phi) is 5.38. The zero-order valence-corrected chi connectivity index (χ0v) is 12.2. The van der Waals surface area contributed by atoms with E-state index < -0.39 is 6.10 Å². The van der Waals surface area contributed by atoms with E-state index in [9.17, 15) is 5.11 Å². The van der Waals surface area contributed by atoms with Crippen LogP contribution >= 0.6 is 0 Å². The summed E-state index contributed by atoms with van der Waals surface area (Å²) in [6, 6.07) is 8.07. The summed E-state index contributed by atoms with van der Waals surface area (Å²) in [5.41, 5.74) is 2.08. The van der Waals surface area contributed by atoms with Crippen LogP contribution in [-0.2, 0) is 11.3 Å². The molecule has 0 aliphatic heterocycles. The molecule has 5 nitrogen and oxygen atoms in total. The first-order valence-electron chi connectivity index (χ1n) is 7.17. The lowest BCUT2D eigenvalue weighted by molar-refractivity contribution is 0.142. The van der Waals surface area contributed by atoms with E-state index in [1.54, 1.807) is 6.92 Å². The van der Waals surface area contributed by atoms with Gasteiger partial charge in [-0.2, -0.15) is 0 Å². The molecule has 1 aromatic carbocycles. The highest BCUT2D eigenvalue weighted by atomic mass is 16.5. The van der Waals surface area contributed by atoms with Crippen molar-refractivity contribution in [3.05, 3.63) is 24.3 Å². The minimum Gasteiger partial charge on any atom is -0.392 e. The number of aliphatic hydroxyl groups excluding tert-OH is 1. The summed E-state index contributed by atoms with van der Waals surface area (Å²) in [4.78, 5) is 4.58. The topological polar surface area (TPSA) is 59.3 Å². The van der Waals surface area contributed by atoms with Crippen LogP contribution in [0.5, 0.6) is 0 Å². The Labute approximate surface area is 119 Å². The van der Waals surface area contributed by atoms with Gasteiger partial charge in [-0.25, -0.2) is 4.98 Å². The summed E-state index contributed by atoms with van der Waals surface area (Å²) in [6.45, 7) is 6.60. The van der Waals surface area contributed by atoms with Crippen LogP contribution in [0, 0.1) is 0 Å². The fourth-order valence-corrected chi connectivity index (χ4v) is 2.14. The lowest BCUT2D eigenvalue weighted by atomic mass is 10.3. The van der Waals surface area contributed by atoms with Gasteiger partial charge in [0.25, 0.3) is 0 Å². The van der Waals surface area contributed by atoms with Gasteiger partial charge in [-0.05, 0) is 32.4 Å². The third-order valence-electron chi connectivity index (χ3n) is 3.08. The first kappa shape index (κ1) is 14.8. The van der Waals surface area contributed by atoms with E-state index in [2.05, 4.69) is 20.9 Å². The van der Waals surface area contributed by atoms with Crippen LogP contribution in [0.4, 0.5) is 5.95 Å². The number of nitrogens with one attached hydrogen (secondary N) is 1. The molecule has 0 amide bonds. The highest BCUT2D eigenvalue weighted by molar-refractivity contribution is 5.78. The Morgan fingerprint density at radius 1 is 1.40 bits per heavy atom. The van der Waals surface area contributed by atoms with Crippen molar-refractivity contribution in [1.29, 1.82) is 0 Å². The number of aryl methyl sites for hydroxylation is 1. The number of aromatic nitrogens is 2. The average molecular weight is 277 g/mol. The number of imidazole rings is 1. The number of anilines is 1. The lowest BCUT2D eigenvalue weighted by Crippen LogP contribution is -2.18. The van der Waals surface area contributed by atoms with Gasteiger partial charge >= 0.3 is 0 Å². The second-order valence-corrected chi connectivity index (χ2v) is 4.86. The molecule has 2 rings (SSSR count). The molecule has 0 aliphatic carbocycles. The van der Waals surface area contributed by atoms with E-state index in [4.69, 9.17) is 4.74 Å². The van der Waals surface area contributed by atoms with Crippen LogP contribution in [0.25, 0.3) is 11.0 Å². The van der Waals surface area contributed by atoms with Crippen LogP contribution in [-0.4, -0.2) is 40.5 Å². The number of nitrogens with zero attached hydrogens (tertiary/aromatic N) is 2. The summed E-state index contributed by atoms with van der Waals surface area (Å²) in [6.07, 6.45) is 0.545. The number of para-hydroxylation sites is 2. The number of fused-ring (bicyclic) bond motifs is 1. The van der Waals surface area contributed by atoms with Crippen molar-refractivity contribution in [3.63, 3.8) is 0 Å². The van der Waals surface area contributed by atoms with Crippen molar-refractivity contribution >= 4 is 17.0 Å². The first-order valence-corrected chi connectivity index (χ1v) is 7.17. The predicted molar refractivity (Wildman–Crippen MR) is 81.0 cm³/mol. The smallest absolute Gasteiger partial charge is 0.203 e. The minimum absolute atomic E-state index is 0.397. The van der Waals surface area contributed by atoms with Crippen LogP contribution in [0.1, 0.15) is 20.3 Å². The van der Waals surface area contributed by atoms with E-state index in [0.29, 0.717) is 6.54 Å². The molecule has 0 saturated heterocycles. The second-order valence-electron chi connectivity index (χ2n) is 4.86. The summed E-state index contributed by atoms with van der Waals surface area (Å²) < 4.78 is 7.54. The van der Waals surface area contributed by atoms with Gasteiger partial charge in [0.05, 0.1) is 17.1 Å². The Bertz CT molecular complexity index is 537. The van der Waals surface area contributed by atoms with Crippen LogP contribution in [0.3, 0.4) is 0 Å². The maximum Gasteiger partial charge on any atom is 0.203 e. The molecule has 0 fully saturated rings. The molecule has 110 valence electrons. The van der Waals surface area contributed by atoms with Gasteiger partial charge in [0, 0.05) is 26.3 Å². The van der Waals surface area contributed by atoms with E-state index in [1.165, 1.54) is 0 Å². The third kappa shape index (κ3) is 3.71. The van der Waals surface area contributed by atoms with Crippen molar-refractivity contribution in [2.24, 2.45) is 0 Å². The van der Waals surface area contributed by atoms with Crippen molar-refractivity contribution in [2.75, 3.05) is 25.1 Å². The van der Waals surface area contributed by atoms with Gasteiger partial charge < -0.3 is 19.7 Å². The summed E-state index contributed by atoms with van der Waals surface area (Å²) in [5.74, 6) is 0.809. The van der Waals surface area contributed by atoms with Crippen LogP contribution in [0.2, 0.25) is 0 Å². The highest BCUT2D eigenvalue weighted by Crippen LogP contribution is 2.20. The molecule has 2 N–H and O–H groups in total. The van der Waals surface area contributed by atoms with Gasteiger partial charge in [0.15, 0.2) is 0 Å². The molecule has 0 aliphatic rings.